The van der Waals surface area contributed by atoms with Crippen molar-refractivity contribution in [2.75, 3.05) is 13.1 Å². The summed E-state index contributed by atoms with van der Waals surface area (Å²) in [6.07, 6.45) is 0.487. The van der Waals surface area contributed by atoms with E-state index in [2.05, 4.69) is 0 Å². The van der Waals surface area contributed by atoms with Gasteiger partial charge < -0.3 is 14.4 Å². The minimum absolute atomic E-state index is 0.0796. The van der Waals surface area contributed by atoms with Crippen molar-refractivity contribution < 1.29 is 19.1 Å². The number of aliphatic carboxylic acids is 1. The van der Waals surface area contributed by atoms with E-state index < -0.39 is 17.3 Å². The summed E-state index contributed by atoms with van der Waals surface area (Å²) in [5.74, 6) is -0.720. The lowest BCUT2D eigenvalue weighted by Crippen LogP contribution is -2.36. The molecule has 1 aliphatic rings. The van der Waals surface area contributed by atoms with Crippen molar-refractivity contribution in [2.24, 2.45) is 5.41 Å². The first-order valence-electron chi connectivity index (χ1n) is 7.41. The predicted octanol–water partition coefficient (Wildman–Crippen LogP) is 2.86. The number of carboxylic acids is 1. The third-order valence-electron chi connectivity index (χ3n) is 4.54. The summed E-state index contributed by atoms with van der Waals surface area (Å²) in [6, 6.07) is 9.50. The highest BCUT2D eigenvalue weighted by Crippen LogP contribution is 2.33. The number of amides is 1. The summed E-state index contributed by atoms with van der Waals surface area (Å²) in [5.41, 5.74) is -0.0857. The molecule has 1 aliphatic heterocycles. The van der Waals surface area contributed by atoms with Gasteiger partial charge in [-0.25, -0.2) is 0 Å². The number of para-hydroxylation sites is 1. The second kappa shape index (κ2) is 5.16. The molecule has 0 aliphatic carbocycles. The van der Waals surface area contributed by atoms with Crippen LogP contribution < -0.4 is 0 Å². The monoisotopic (exact) mass is 301 g/mol. The summed E-state index contributed by atoms with van der Waals surface area (Å²) < 4.78 is 5.75. The number of rotatable bonds is 3. The van der Waals surface area contributed by atoms with Crippen LogP contribution in [0.2, 0.25) is 0 Å². The van der Waals surface area contributed by atoms with Gasteiger partial charge in [0.25, 0.3) is 0 Å². The number of carbonyl (C=O) groups is 2. The van der Waals surface area contributed by atoms with Crippen molar-refractivity contribution in [3.63, 3.8) is 0 Å². The molecule has 0 saturated carbocycles. The molecule has 0 spiro atoms. The van der Waals surface area contributed by atoms with Gasteiger partial charge in [0.2, 0.25) is 5.91 Å². The van der Waals surface area contributed by atoms with Crippen molar-refractivity contribution in [1.29, 1.82) is 0 Å². The van der Waals surface area contributed by atoms with Crippen LogP contribution in [0.15, 0.2) is 34.7 Å². The molecule has 1 fully saturated rings. The van der Waals surface area contributed by atoms with Crippen LogP contribution in [-0.2, 0) is 9.59 Å². The number of hydrogen-bond acceptors (Lipinski definition) is 3. The molecule has 5 nitrogen and oxygen atoms in total. The Labute approximate surface area is 128 Å². The van der Waals surface area contributed by atoms with Gasteiger partial charge in [0.05, 0.1) is 11.3 Å². The van der Waals surface area contributed by atoms with Crippen LogP contribution in [0.5, 0.6) is 0 Å². The molecular weight excluding hydrogens is 282 g/mol. The third kappa shape index (κ3) is 2.36. The van der Waals surface area contributed by atoms with Crippen LogP contribution in [0.4, 0.5) is 0 Å². The lowest BCUT2D eigenvalue weighted by molar-refractivity contribution is -0.147. The molecule has 0 unspecified atom stereocenters. The molecule has 1 N–H and O–H groups in total. The highest BCUT2D eigenvalue weighted by Gasteiger charge is 2.43. The number of hydrogen-bond donors (Lipinski definition) is 1. The zero-order valence-corrected chi connectivity index (χ0v) is 12.7. The molecule has 116 valence electrons. The lowest BCUT2D eigenvalue weighted by atomic mass is 9.90. The van der Waals surface area contributed by atoms with Gasteiger partial charge in [-0.15, -0.1) is 0 Å². The maximum atomic E-state index is 12.6. The van der Waals surface area contributed by atoms with E-state index in [9.17, 15) is 14.7 Å². The van der Waals surface area contributed by atoms with E-state index in [4.69, 9.17) is 4.42 Å². The van der Waals surface area contributed by atoms with Gasteiger partial charge in [-0.2, -0.15) is 0 Å². The largest absolute Gasteiger partial charge is 0.481 e. The first kappa shape index (κ1) is 14.6. The highest BCUT2D eigenvalue weighted by molar-refractivity contribution is 5.86. The Kier molecular flexibility index (Phi) is 3.43. The van der Waals surface area contributed by atoms with Gasteiger partial charge in [-0.3, -0.25) is 9.59 Å². The van der Waals surface area contributed by atoms with Crippen LogP contribution in [0.1, 0.15) is 31.9 Å². The molecular formula is C17H19NO4. The van der Waals surface area contributed by atoms with Gasteiger partial charge in [0, 0.05) is 18.5 Å². The fourth-order valence-electron chi connectivity index (χ4n) is 2.94. The van der Waals surface area contributed by atoms with Gasteiger partial charge in [-0.05, 0) is 32.4 Å². The predicted molar refractivity (Wildman–Crippen MR) is 81.6 cm³/mol. The standard InChI is InChI=1S/C17H19NO4/c1-11(14-9-12-5-3-4-6-13(12)22-14)15(19)18-8-7-17(2,10-18)16(20)21/h3-6,9,11H,7-8,10H2,1-2H3,(H,20,21)/t11-,17+/m0/s1. The van der Waals surface area contributed by atoms with Crippen molar-refractivity contribution in [3.8, 4) is 0 Å². The Morgan fingerprint density at radius 1 is 1.36 bits per heavy atom. The van der Waals surface area contributed by atoms with Crippen molar-refractivity contribution in [3.05, 3.63) is 36.1 Å². The molecule has 1 aromatic heterocycles. The molecule has 2 aromatic rings. The zero-order valence-electron chi connectivity index (χ0n) is 12.7. The number of furan rings is 1. The van der Waals surface area contributed by atoms with E-state index in [0.717, 1.165) is 11.0 Å². The normalized spacial score (nSPS) is 22.9. The van der Waals surface area contributed by atoms with Crippen LogP contribution in [0.25, 0.3) is 11.0 Å². The minimum Gasteiger partial charge on any atom is -0.481 e. The number of benzene rings is 1. The Bertz CT molecular complexity index is 702. The fraction of sp³-hybridized carbons (Fsp3) is 0.412. The molecule has 1 amide bonds. The summed E-state index contributed by atoms with van der Waals surface area (Å²) >= 11 is 0. The molecule has 5 heteroatoms. The summed E-state index contributed by atoms with van der Waals surface area (Å²) in [4.78, 5) is 25.5. The molecule has 2 atom stereocenters. The summed E-state index contributed by atoms with van der Waals surface area (Å²) in [6.45, 7) is 4.23. The third-order valence-corrected chi connectivity index (χ3v) is 4.54. The van der Waals surface area contributed by atoms with Gasteiger partial charge in [0.1, 0.15) is 11.3 Å². The SMILES string of the molecule is C[C@H](C(=O)N1CC[C@@](C)(C(=O)O)C1)c1cc2ccccc2o1. The van der Waals surface area contributed by atoms with Crippen LogP contribution in [-0.4, -0.2) is 35.0 Å². The Morgan fingerprint density at radius 2 is 2.09 bits per heavy atom. The molecule has 1 aromatic carbocycles. The molecule has 0 bridgehead atoms. The average Bonchev–Trinajstić information content (AvgIpc) is 3.10. The van der Waals surface area contributed by atoms with Crippen molar-refractivity contribution >= 4 is 22.8 Å². The maximum Gasteiger partial charge on any atom is 0.311 e. The minimum atomic E-state index is -0.848. The summed E-state index contributed by atoms with van der Waals surface area (Å²) in [5, 5.41) is 10.2. The second-order valence-electron chi connectivity index (χ2n) is 6.28. The quantitative estimate of drug-likeness (QED) is 0.946. The topological polar surface area (TPSA) is 70.8 Å². The number of carbonyl (C=O) groups excluding carboxylic acids is 1. The Hall–Kier alpha value is -2.30. The van der Waals surface area contributed by atoms with Crippen molar-refractivity contribution in [2.45, 2.75) is 26.2 Å². The molecule has 2 heterocycles. The Balaban J connectivity index is 1.79. The summed E-state index contributed by atoms with van der Waals surface area (Å²) in [7, 11) is 0. The first-order valence-corrected chi connectivity index (χ1v) is 7.41. The molecule has 0 radical (unpaired) electrons. The number of nitrogens with zero attached hydrogens (tertiary/aromatic N) is 1. The number of likely N-dealkylation sites (tertiary alicyclic amines) is 1. The lowest BCUT2D eigenvalue weighted by Gasteiger charge is -2.22. The Morgan fingerprint density at radius 3 is 2.73 bits per heavy atom. The number of carboxylic acid groups (broad SMARTS) is 1. The second-order valence-corrected chi connectivity index (χ2v) is 6.28. The average molecular weight is 301 g/mol. The van der Waals surface area contributed by atoms with E-state index in [1.54, 1.807) is 18.7 Å². The molecule has 22 heavy (non-hydrogen) atoms. The first-order chi connectivity index (χ1) is 10.4. The number of fused-ring (bicyclic) bond motifs is 1. The van der Waals surface area contributed by atoms with Gasteiger partial charge in [0.15, 0.2) is 0 Å². The molecule has 3 rings (SSSR count). The van der Waals surface area contributed by atoms with E-state index in [0.29, 0.717) is 18.7 Å². The van der Waals surface area contributed by atoms with Crippen LogP contribution >= 0.6 is 0 Å². The van der Waals surface area contributed by atoms with Gasteiger partial charge in [-0.1, -0.05) is 18.2 Å². The molecule has 1 saturated heterocycles. The smallest absolute Gasteiger partial charge is 0.311 e. The maximum absolute atomic E-state index is 12.6. The van der Waals surface area contributed by atoms with Crippen LogP contribution in [0.3, 0.4) is 0 Å². The van der Waals surface area contributed by atoms with E-state index >= 15 is 0 Å². The van der Waals surface area contributed by atoms with Gasteiger partial charge >= 0.3 is 5.97 Å². The zero-order chi connectivity index (χ0) is 15.9. The highest BCUT2D eigenvalue weighted by atomic mass is 16.4. The van der Waals surface area contributed by atoms with Crippen LogP contribution in [0, 0.1) is 5.41 Å². The van der Waals surface area contributed by atoms with Crippen molar-refractivity contribution in [1.82, 2.24) is 4.90 Å². The van der Waals surface area contributed by atoms with E-state index in [1.165, 1.54) is 0 Å². The fourth-order valence-corrected chi connectivity index (χ4v) is 2.94. The van der Waals surface area contributed by atoms with E-state index in [-0.39, 0.29) is 12.5 Å². The van der Waals surface area contributed by atoms with E-state index in [1.807, 2.05) is 30.3 Å².